The van der Waals surface area contributed by atoms with E-state index in [0.29, 0.717) is 6.04 Å². The third kappa shape index (κ3) is 48.8. The SMILES string of the molecule is CCCCCCCCCCCCCCCCCCCCCCCN(CCCCCCCCCCCCCCCCCCCCCCC)C(C)CCCC(=O)[O-].[Na+]. The molecule has 0 N–H and O–H groups in total. The van der Waals surface area contributed by atoms with E-state index in [-0.39, 0.29) is 36.0 Å². The quantitative estimate of drug-likeness (QED) is 0.0455. The van der Waals surface area contributed by atoms with Crippen molar-refractivity contribution in [2.45, 2.75) is 316 Å². The Balaban J connectivity index is 0. The molecule has 0 saturated carbocycles. The van der Waals surface area contributed by atoms with Crippen molar-refractivity contribution in [3.05, 3.63) is 0 Å². The Hall–Kier alpha value is 0.430. The first-order valence-corrected chi connectivity index (χ1v) is 26.1. The van der Waals surface area contributed by atoms with Crippen LogP contribution in [0.3, 0.4) is 0 Å². The molecular weight excluding hydrogens is 694 g/mol. The number of carbonyl (C=O) groups excluding carboxylic acids is 1. The molecule has 4 heteroatoms. The summed E-state index contributed by atoms with van der Waals surface area (Å²) in [6, 6.07) is 0.481. The number of carbonyl (C=O) groups is 1. The van der Waals surface area contributed by atoms with Crippen LogP contribution in [-0.2, 0) is 4.79 Å². The van der Waals surface area contributed by atoms with Gasteiger partial charge < -0.3 is 14.8 Å². The van der Waals surface area contributed by atoms with Crippen LogP contribution in [0.25, 0.3) is 0 Å². The summed E-state index contributed by atoms with van der Waals surface area (Å²) in [6.07, 6.45) is 62.0. The first kappa shape index (κ1) is 58.5. The zero-order valence-electron chi connectivity index (χ0n) is 39.6. The first-order valence-electron chi connectivity index (χ1n) is 26.1. The molecule has 0 aromatic rings. The number of aliphatic carboxylic acids is 1. The fraction of sp³-hybridized carbons (Fsp3) is 0.981. The Morgan fingerprint density at radius 1 is 0.357 bits per heavy atom. The molecule has 1 unspecified atom stereocenters. The van der Waals surface area contributed by atoms with Gasteiger partial charge in [-0.15, -0.1) is 0 Å². The molecule has 330 valence electrons. The number of carboxylic acid groups (broad SMARTS) is 1. The van der Waals surface area contributed by atoms with Crippen LogP contribution in [0.5, 0.6) is 0 Å². The summed E-state index contributed by atoms with van der Waals surface area (Å²) in [5, 5.41) is 11.0. The minimum absolute atomic E-state index is 0. The molecule has 0 saturated heterocycles. The van der Waals surface area contributed by atoms with Gasteiger partial charge in [-0.3, -0.25) is 0 Å². The Morgan fingerprint density at radius 2 is 0.554 bits per heavy atom. The molecule has 56 heavy (non-hydrogen) atoms. The predicted molar refractivity (Wildman–Crippen MR) is 245 cm³/mol. The normalized spacial score (nSPS) is 12.1. The van der Waals surface area contributed by atoms with Crippen LogP contribution in [0.4, 0.5) is 0 Å². The van der Waals surface area contributed by atoms with Gasteiger partial charge in [0.15, 0.2) is 0 Å². The zero-order chi connectivity index (χ0) is 40.0. The topological polar surface area (TPSA) is 43.4 Å². The molecule has 0 aliphatic rings. The van der Waals surface area contributed by atoms with Crippen LogP contribution in [0.2, 0.25) is 0 Å². The molecule has 0 spiro atoms. The number of rotatable bonds is 49. The molecule has 0 heterocycles. The van der Waals surface area contributed by atoms with Crippen molar-refractivity contribution in [1.29, 1.82) is 0 Å². The van der Waals surface area contributed by atoms with Crippen LogP contribution < -0.4 is 34.7 Å². The predicted octanol–water partition coefficient (Wildman–Crippen LogP) is 14.0. The molecule has 0 fully saturated rings. The fourth-order valence-electron chi connectivity index (χ4n) is 8.77. The number of hydrogen-bond acceptors (Lipinski definition) is 3. The second-order valence-corrected chi connectivity index (χ2v) is 18.3. The smallest absolute Gasteiger partial charge is 0.550 e. The van der Waals surface area contributed by atoms with Crippen molar-refractivity contribution >= 4 is 5.97 Å². The molecule has 0 bridgehead atoms. The van der Waals surface area contributed by atoms with Gasteiger partial charge in [0.1, 0.15) is 0 Å². The summed E-state index contributed by atoms with van der Waals surface area (Å²) in [6.45, 7) is 9.30. The fourth-order valence-corrected chi connectivity index (χ4v) is 8.77. The van der Waals surface area contributed by atoms with Gasteiger partial charge in [0.2, 0.25) is 0 Å². The summed E-state index contributed by atoms with van der Waals surface area (Å²) < 4.78 is 0. The molecule has 0 aromatic heterocycles. The van der Waals surface area contributed by atoms with Crippen molar-refractivity contribution < 1.29 is 39.5 Å². The number of nitrogens with zero attached hydrogens (tertiary/aromatic N) is 1. The van der Waals surface area contributed by atoms with E-state index in [4.69, 9.17) is 0 Å². The second kappa shape index (κ2) is 51.6. The summed E-state index contributed by atoms with van der Waals surface area (Å²) in [4.78, 5) is 13.7. The molecule has 0 aromatic carbocycles. The largest absolute Gasteiger partial charge is 1.00 e. The minimum Gasteiger partial charge on any atom is -0.550 e. The first-order chi connectivity index (χ1) is 27.1. The van der Waals surface area contributed by atoms with E-state index in [9.17, 15) is 9.90 Å². The Labute approximate surface area is 376 Å². The van der Waals surface area contributed by atoms with E-state index < -0.39 is 5.97 Å². The van der Waals surface area contributed by atoms with Crippen molar-refractivity contribution in [2.75, 3.05) is 13.1 Å². The third-order valence-corrected chi connectivity index (χ3v) is 12.7. The van der Waals surface area contributed by atoms with Gasteiger partial charge in [0.25, 0.3) is 0 Å². The van der Waals surface area contributed by atoms with Crippen LogP contribution in [0.1, 0.15) is 310 Å². The van der Waals surface area contributed by atoms with Crippen LogP contribution in [0.15, 0.2) is 0 Å². The Bertz CT molecular complexity index is 671. The Kier molecular flexibility index (Phi) is 53.9. The van der Waals surface area contributed by atoms with E-state index >= 15 is 0 Å². The number of carboxylic acids is 1. The summed E-state index contributed by atoms with van der Waals surface area (Å²) >= 11 is 0. The van der Waals surface area contributed by atoms with Crippen LogP contribution in [-0.4, -0.2) is 30.0 Å². The van der Waals surface area contributed by atoms with Crippen LogP contribution >= 0.6 is 0 Å². The standard InChI is InChI=1S/C52H105NO2.Na/c1-4-6-8-10-12-14-16-18-20-22-24-26-28-30-32-34-36-38-40-42-44-49-53(51(3)47-46-48-52(54)55)50-45-43-41-39-37-35-33-31-29-27-25-23-21-19-17-15-13-11-9-7-5-2;/h51H,4-50H2,1-3H3,(H,54,55);/q;+1/p-1. The summed E-state index contributed by atoms with van der Waals surface area (Å²) in [5.74, 6) is -0.896. The van der Waals surface area contributed by atoms with Gasteiger partial charge in [-0.05, 0) is 52.1 Å². The number of unbranched alkanes of at least 4 members (excludes halogenated alkanes) is 40. The average molecular weight is 798 g/mol. The molecular formula is C52H104NNaO2. The van der Waals surface area contributed by atoms with Crippen molar-refractivity contribution in [3.8, 4) is 0 Å². The monoisotopic (exact) mass is 798 g/mol. The third-order valence-electron chi connectivity index (χ3n) is 12.7. The van der Waals surface area contributed by atoms with E-state index in [1.807, 2.05) is 0 Å². The maximum atomic E-state index is 11.0. The van der Waals surface area contributed by atoms with Crippen molar-refractivity contribution in [1.82, 2.24) is 4.90 Å². The van der Waals surface area contributed by atoms with E-state index in [1.54, 1.807) is 0 Å². The van der Waals surface area contributed by atoms with Gasteiger partial charge in [0.05, 0.1) is 0 Å². The van der Waals surface area contributed by atoms with Crippen LogP contribution in [0, 0.1) is 0 Å². The van der Waals surface area contributed by atoms with E-state index in [2.05, 4.69) is 25.7 Å². The zero-order valence-corrected chi connectivity index (χ0v) is 41.6. The molecule has 0 aliphatic carbocycles. The van der Waals surface area contributed by atoms with E-state index in [0.717, 1.165) is 12.8 Å². The minimum atomic E-state index is -0.896. The molecule has 0 aliphatic heterocycles. The summed E-state index contributed by atoms with van der Waals surface area (Å²) in [5.41, 5.74) is 0. The molecule has 3 nitrogen and oxygen atoms in total. The van der Waals surface area contributed by atoms with Gasteiger partial charge in [0, 0.05) is 12.0 Å². The Morgan fingerprint density at radius 3 is 0.750 bits per heavy atom. The maximum absolute atomic E-state index is 11.0. The van der Waals surface area contributed by atoms with Gasteiger partial charge in [-0.2, -0.15) is 0 Å². The molecule has 0 amide bonds. The maximum Gasteiger partial charge on any atom is 1.00 e. The summed E-state index contributed by atoms with van der Waals surface area (Å²) in [7, 11) is 0. The van der Waals surface area contributed by atoms with Gasteiger partial charge >= 0.3 is 29.6 Å². The average Bonchev–Trinajstić information content (AvgIpc) is 3.18. The van der Waals surface area contributed by atoms with Crippen molar-refractivity contribution in [2.24, 2.45) is 0 Å². The molecule has 0 rings (SSSR count). The molecule has 0 radical (unpaired) electrons. The second-order valence-electron chi connectivity index (χ2n) is 18.3. The van der Waals surface area contributed by atoms with Crippen molar-refractivity contribution in [3.63, 3.8) is 0 Å². The molecule has 1 atom stereocenters. The van der Waals surface area contributed by atoms with Gasteiger partial charge in [-0.1, -0.05) is 271 Å². The van der Waals surface area contributed by atoms with E-state index in [1.165, 1.54) is 283 Å². The number of hydrogen-bond donors (Lipinski definition) is 0. The van der Waals surface area contributed by atoms with Gasteiger partial charge in [-0.25, -0.2) is 0 Å².